The van der Waals surface area contributed by atoms with Crippen LogP contribution in [0, 0.1) is 10.1 Å². The number of rotatable bonds is 3. The minimum atomic E-state index is -0.345. The van der Waals surface area contributed by atoms with Gasteiger partial charge in [-0.2, -0.15) is 0 Å². The fourth-order valence-electron chi connectivity index (χ4n) is 1.95. The average Bonchev–Trinajstić information content (AvgIpc) is 2.29. The Morgan fingerprint density at radius 3 is 2.88 bits per heavy atom. The van der Waals surface area contributed by atoms with Gasteiger partial charge in [-0.1, -0.05) is 36.4 Å². The first kappa shape index (κ1) is 11.5. The van der Waals surface area contributed by atoms with Gasteiger partial charge in [-0.3, -0.25) is 10.1 Å². The highest BCUT2D eigenvalue weighted by atomic mass is 16.6. The smallest absolute Gasteiger partial charge is 0.272 e. The zero-order valence-corrected chi connectivity index (χ0v) is 9.37. The van der Waals surface area contributed by atoms with Crippen molar-refractivity contribution in [2.45, 2.75) is 18.9 Å². The van der Waals surface area contributed by atoms with Crippen molar-refractivity contribution in [3.05, 3.63) is 63.7 Å². The van der Waals surface area contributed by atoms with Crippen molar-refractivity contribution >= 4 is 5.69 Å². The molecule has 1 aromatic carbocycles. The topological polar surface area (TPSA) is 69.2 Å². The van der Waals surface area contributed by atoms with Crippen LogP contribution in [0.1, 0.15) is 12.0 Å². The first-order chi connectivity index (χ1) is 8.16. The summed E-state index contributed by atoms with van der Waals surface area (Å²) in [4.78, 5) is 10.5. The largest absolute Gasteiger partial charge is 0.324 e. The van der Waals surface area contributed by atoms with Crippen LogP contribution >= 0.6 is 0 Å². The standard InChI is InChI=1S/C13H14N2O2/c14-12-6-3-4-10(9-12)8-11-5-1-2-7-13(11)15(16)17/h1-5,7,9,12H,6,8,14H2/t12-/m0/s1. The summed E-state index contributed by atoms with van der Waals surface area (Å²) in [5.41, 5.74) is 7.75. The van der Waals surface area contributed by atoms with E-state index < -0.39 is 0 Å². The lowest BCUT2D eigenvalue weighted by molar-refractivity contribution is -0.385. The lowest BCUT2D eigenvalue weighted by Gasteiger charge is -2.12. The van der Waals surface area contributed by atoms with Gasteiger partial charge in [0, 0.05) is 24.1 Å². The molecule has 4 nitrogen and oxygen atoms in total. The summed E-state index contributed by atoms with van der Waals surface area (Å²) < 4.78 is 0. The molecular formula is C13H14N2O2. The van der Waals surface area contributed by atoms with Crippen LogP contribution < -0.4 is 5.73 Å². The Labute approximate surface area is 99.6 Å². The molecule has 2 N–H and O–H groups in total. The van der Waals surface area contributed by atoms with Gasteiger partial charge in [0.1, 0.15) is 0 Å². The molecule has 0 fully saturated rings. The Morgan fingerprint density at radius 2 is 2.18 bits per heavy atom. The lowest BCUT2D eigenvalue weighted by Crippen LogP contribution is -2.18. The molecule has 1 aliphatic rings. The molecule has 0 saturated carbocycles. The SMILES string of the molecule is N[C@@H]1C=C(Cc2ccccc2[N+](=O)[O-])C=CC1. The molecule has 1 aromatic rings. The van der Waals surface area contributed by atoms with E-state index in [1.54, 1.807) is 12.1 Å². The summed E-state index contributed by atoms with van der Waals surface area (Å²) >= 11 is 0. The van der Waals surface area contributed by atoms with Crippen LogP contribution in [-0.4, -0.2) is 11.0 Å². The van der Waals surface area contributed by atoms with Gasteiger partial charge in [0.15, 0.2) is 0 Å². The van der Waals surface area contributed by atoms with Crippen LogP contribution in [0.4, 0.5) is 5.69 Å². The lowest BCUT2D eigenvalue weighted by atomic mass is 9.97. The van der Waals surface area contributed by atoms with Crippen LogP contribution in [-0.2, 0) is 6.42 Å². The number of nitro benzene ring substituents is 1. The van der Waals surface area contributed by atoms with Gasteiger partial charge >= 0.3 is 0 Å². The number of benzene rings is 1. The number of allylic oxidation sites excluding steroid dienone is 2. The number of nitrogens with two attached hydrogens (primary N) is 1. The fraction of sp³-hybridized carbons (Fsp3) is 0.231. The Bertz CT molecular complexity index is 492. The normalized spacial score (nSPS) is 18.9. The monoisotopic (exact) mass is 230 g/mol. The first-order valence-corrected chi connectivity index (χ1v) is 5.52. The number of hydrogen-bond acceptors (Lipinski definition) is 3. The molecule has 0 unspecified atom stereocenters. The predicted molar refractivity (Wildman–Crippen MR) is 66.6 cm³/mol. The molecule has 4 heteroatoms. The van der Waals surface area contributed by atoms with Gasteiger partial charge in [-0.05, 0) is 12.0 Å². The van der Waals surface area contributed by atoms with Crippen molar-refractivity contribution < 1.29 is 4.92 Å². The van der Waals surface area contributed by atoms with E-state index in [4.69, 9.17) is 5.73 Å². The van der Waals surface area contributed by atoms with E-state index in [1.807, 2.05) is 24.3 Å². The van der Waals surface area contributed by atoms with Crippen molar-refractivity contribution in [3.8, 4) is 0 Å². The molecule has 0 aromatic heterocycles. The molecule has 0 spiro atoms. The van der Waals surface area contributed by atoms with Gasteiger partial charge in [0.05, 0.1) is 4.92 Å². The second-order valence-electron chi connectivity index (χ2n) is 4.11. The maximum absolute atomic E-state index is 10.9. The van der Waals surface area contributed by atoms with Gasteiger partial charge in [0.2, 0.25) is 0 Å². The van der Waals surface area contributed by atoms with Crippen molar-refractivity contribution in [3.63, 3.8) is 0 Å². The van der Waals surface area contributed by atoms with E-state index in [0.29, 0.717) is 6.42 Å². The van der Waals surface area contributed by atoms with Crippen LogP contribution in [0.3, 0.4) is 0 Å². The summed E-state index contributed by atoms with van der Waals surface area (Å²) in [6.07, 6.45) is 7.35. The van der Waals surface area contributed by atoms with Gasteiger partial charge in [0.25, 0.3) is 5.69 Å². The first-order valence-electron chi connectivity index (χ1n) is 5.52. The third-order valence-corrected chi connectivity index (χ3v) is 2.75. The van der Waals surface area contributed by atoms with Gasteiger partial charge < -0.3 is 5.73 Å². The zero-order valence-electron chi connectivity index (χ0n) is 9.37. The molecule has 1 aliphatic carbocycles. The van der Waals surface area contributed by atoms with Crippen molar-refractivity contribution in [2.75, 3.05) is 0 Å². The third kappa shape index (κ3) is 2.79. The number of hydrogen-bond donors (Lipinski definition) is 1. The quantitative estimate of drug-likeness (QED) is 0.640. The number of nitro groups is 1. The van der Waals surface area contributed by atoms with Crippen LogP contribution in [0.5, 0.6) is 0 Å². The van der Waals surface area contributed by atoms with Crippen LogP contribution in [0.15, 0.2) is 48.1 Å². The Hall–Kier alpha value is -1.94. The molecule has 0 heterocycles. The third-order valence-electron chi connectivity index (χ3n) is 2.75. The molecule has 0 amide bonds. The van der Waals surface area contributed by atoms with E-state index in [2.05, 4.69) is 0 Å². The molecule has 2 rings (SSSR count). The molecule has 0 radical (unpaired) electrons. The molecule has 88 valence electrons. The predicted octanol–water partition coefficient (Wildman–Crippen LogP) is 2.35. The number of nitrogens with zero attached hydrogens (tertiary/aromatic N) is 1. The zero-order chi connectivity index (χ0) is 12.3. The van der Waals surface area contributed by atoms with Crippen LogP contribution in [0.25, 0.3) is 0 Å². The molecule has 1 atom stereocenters. The molecule has 0 bridgehead atoms. The van der Waals surface area contributed by atoms with Crippen molar-refractivity contribution in [1.29, 1.82) is 0 Å². The maximum atomic E-state index is 10.9. The maximum Gasteiger partial charge on any atom is 0.272 e. The average molecular weight is 230 g/mol. The molecule has 17 heavy (non-hydrogen) atoms. The Morgan fingerprint density at radius 1 is 1.41 bits per heavy atom. The summed E-state index contributed by atoms with van der Waals surface area (Å²) in [7, 11) is 0. The highest BCUT2D eigenvalue weighted by Crippen LogP contribution is 2.22. The fourth-order valence-corrected chi connectivity index (χ4v) is 1.95. The van der Waals surface area contributed by atoms with Crippen molar-refractivity contribution in [1.82, 2.24) is 0 Å². The van der Waals surface area contributed by atoms with E-state index in [1.165, 1.54) is 6.07 Å². The Kier molecular flexibility index (Phi) is 3.35. The second-order valence-corrected chi connectivity index (χ2v) is 4.11. The van der Waals surface area contributed by atoms with Gasteiger partial charge in [-0.25, -0.2) is 0 Å². The van der Waals surface area contributed by atoms with E-state index in [9.17, 15) is 10.1 Å². The summed E-state index contributed by atoms with van der Waals surface area (Å²) in [6, 6.07) is 6.83. The highest BCUT2D eigenvalue weighted by Gasteiger charge is 2.14. The molecular weight excluding hydrogens is 216 g/mol. The Balaban J connectivity index is 2.24. The number of para-hydroxylation sites is 1. The highest BCUT2D eigenvalue weighted by molar-refractivity contribution is 5.44. The van der Waals surface area contributed by atoms with Gasteiger partial charge in [-0.15, -0.1) is 0 Å². The van der Waals surface area contributed by atoms with Crippen molar-refractivity contribution in [2.24, 2.45) is 5.73 Å². The summed E-state index contributed by atoms with van der Waals surface area (Å²) in [6.45, 7) is 0. The van der Waals surface area contributed by atoms with Crippen LogP contribution in [0.2, 0.25) is 0 Å². The van der Waals surface area contributed by atoms with E-state index in [0.717, 1.165) is 17.6 Å². The summed E-state index contributed by atoms with van der Waals surface area (Å²) in [5, 5.41) is 10.9. The molecule has 0 saturated heterocycles. The van der Waals surface area contributed by atoms with E-state index >= 15 is 0 Å². The second kappa shape index (κ2) is 4.93. The minimum Gasteiger partial charge on any atom is -0.324 e. The van der Waals surface area contributed by atoms with E-state index in [-0.39, 0.29) is 16.7 Å². The minimum absolute atomic E-state index is 0.0257. The molecule has 0 aliphatic heterocycles. The summed E-state index contributed by atoms with van der Waals surface area (Å²) in [5.74, 6) is 0.